The van der Waals surface area contributed by atoms with E-state index >= 15 is 0 Å². The zero-order valence-electron chi connectivity index (χ0n) is 15.6. The Bertz CT molecular complexity index is 767. The van der Waals surface area contributed by atoms with E-state index in [1.54, 1.807) is 12.1 Å². The second-order valence-electron chi connectivity index (χ2n) is 6.91. The van der Waals surface area contributed by atoms with Crippen molar-refractivity contribution in [1.29, 1.82) is 0 Å². The molecule has 138 valence electrons. The Labute approximate surface area is 154 Å². The normalized spacial score (nSPS) is 16.4. The average Bonchev–Trinajstić information content (AvgIpc) is 2.65. The molecule has 5 heteroatoms. The molecule has 1 aliphatic rings. The standard InChI is InChI=1S/C21H26FN3O/c1-15-5-4-6-20(16(15)2)25-13-11-24(12-14-25)17(3)21(26)23-19-9-7-18(22)8-10-19/h4-10,17H,11-14H2,1-3H3,(H,23,26)/t17-/m1/s1. The van der Waals surface area contributed by atoms with Gasteiger partial charge in [0.2, 0.25) is 5.91 Å². The lowest BCUT2D eigenvalue weighted by Gasteiger charge is -2.39. The predicted molar refractivity (Wildman–Crippen MR) is 104 cm³/mol. The molecule has 3 rings (SSSR count). The number of nitrogens with one attached hydrogen (secondary N) is 1. The third-order valence-corrected chi connectivity index (χ3v) is 5.27. The van der Waals surface area contributed by atoms with Gasteiger partial charge in [0.15, 0.2) is 0 Å². The Morgan fingerprint density at radius 3 is 2.35 bits per heavy atom. The van der Waals surface area contributed by atoms with Crippen LogP contribution in [0.5, 0.6) is 0 Å². The highest BCUT2D eigenvalue weighted by Crippen LogP contribution is 2.24. The molecule has 1 amide bonds. The fourth-order valence-corrected chi connectivity index (χ4v) is 3.37. The highest BCUT2D eigenvalue weighted by atomic mass is 19.1. The van der Waals surface area contributed by atoms with Crippen molar-refractivity contribution in [3.8, 4) is 0 Å². The maximum absolute atomic E-state index is 13.0. The zero-order chi connectivity index (χ0) is 18.7. The first-order valence-electron chi connectivity index (χ1n) is 9.07. The number of benzene rings is 2. The van der Waals surface area contributed by atoms with Gasteiger partial charge in [-0.1, -0.05) is 12.1 Å². The van der Waals surface area contributed by atoms with Gasteiger partial charge in [-0.2, -0.15) is 0 Å². The van der Waals surface area contributed by atoms with E-state index in [0.717, 1.165) is 26.2 Å². The molecular formula is C21H26FN3O. The van der Waals surface area contributed by atoms with Crippen LogP contribution >= 0.6 is 0 Å². The molecule has 1 saturated heterocycles. The lowest BCUT2D eigenvalue weighted by Crippen LogP contribution is -2.53. The first kappa shape index (κ1) is 18.4. The first-order valence-corrected chi connectivity index (χ1v) is 9.07. The minimum Gasteiger partial charge on any atom is -0.369 e. The van der Waals surface area contributed by atoms with E-state index in [0.29, 0.717) is 5.69 Å². The summed E-state index contributed by atoms with van der Waals surface area (Å²) in [6.07, 6.45) is 0. The van der Waals surface area contributed by atoms with Gasteiger partial charge in [0.25, 0.3) is 0 Å². The van der Waals surface area contributed by atoms with E-state index in [9.17, 15) is 9.18 Å². The third kappa shape index (κ3) is 4.05. The molecule has 1 heterocycles. The van der Waals surface area contributed by atoms with Gasteiger partial charge >= 0.3 is 0 Å². The summed E-state index contributed by atoms with van der Waals surface area (Å²) in [4.78, 5) is 17.1. The molecular weight excluding hydrogens is 329 g/mol. The molecule has 26 heavy (non-hydrogen) atoms. The molecule has 2 aromatic rings. The smallest absolute Gasteiger partial charge is 0.241 e. The average molecular weight is 355 g/mol. The summed E-state index contributed by atoms with van der Waals surface area (Å²) in [6.45, 7) is 9.70. The van der Waals surface area contributed by atoms with E-state index in [1.165, 1.54) is 28.9 Å². The van der Waals surface area contributed by atoms with Crippen molar-refractivity contribution in [2.24, 2.45) is 0 Å². The summed E-state index contributed by atoms with van der Waals surface area (Å²) in [7, 11) is 0. The van der Waals surface area contributed by atoms with E-state index in [2.05, 4.69) is 47.2 Å². The van der Waals surface area contributed by atoms with Gasteiger partial charge < -0.3 is 10.2 Å². The van der Waals surface area contributed by atoms with Crippen LogP contribution in [0.15, 0.2) is 42.5 Å². The minimum atomic E-state index is -0.307. The zero-order valence-corrected chi connectivity index (χ0v) is 15.6. The lowest BCUT2D eigenvalue weighted by atomic mass is 10.1. The molecule has 1 N–H and O–H groups in total. The van der Waals surface area contributed by atoms with Crippen LogP contribution in [0.3, 0.4) is 0 Å². The maximum Gasteiger partial charge on any atom is 0.241 e. The molecule has 1 fully saturated rings. The molecule has 0 bridgehead atoms. The van der Waals surface area contributed by atoms with Gasteiger partial charge in [-0.15, -0.1) is 0 Å². The Hall–Kier alpha value is -2.40. The molecule has 4 nitrogen and oxygen atoms in total. The molecule has 0 saturated carbocycles. The van der Waals surface area contributed by atoms with Crippen molar-refractivity contribution in [2.75, 3.05) is 36.4 Å². The number of aryl methyl sites for hydroxylation is 1. The van der Waals surface area contributed by atoms with E-state index in [-0.39, 0.29) is 17.8 Å². The molecule has 1 aliphatic heterocycles. The quantitative estimate of drug-likeness (QED) is 0.910. The summed E-state index contributed by atoms with van der Waals surface area (Å²) in [5.41, 5.74) is 4.53. The van der Waals surface area contributed by atoms with Crippen molar-refractivity contribution in [3.05, 3.63) is 59.4 Å². The van der Waals surface area contributed by atoms with E-state index < -0.39 is 0 Å². The molecule has 0 radical (unpaired) electrons. The molecule has 0 unspecified atom stereocenters. The number of carbonyl (C=O) groups is 1. The molecule has 1 atom stereocenters. The Morgan fingerprint density at radius 1 is 1.04 bits per heavy atom. The predicted octanol–water partition coefficient (Wildman–Crippen LogP) is 3.59. The van der Waals surface area contributed by atoms with Crippen LogP contribution in [-0.4, -0.2) is 43.0 Å². The number of halogens is 1. The number of amides is 1. The van der Waals surface area contributed by atoms with Gasteiger partial charge in [-0.25, -0.2) is 4.39 Å². The summed E-state index contributed by atoms with van der Waals surface area (Å²) >= 11 is 0. The van der Waals surface area contributed by atoms with Gasteiger partial charge in [0.05, 0.1) is 6.04 Å². The summed E-state index contributed by atoms with van der Waals surface area (Å²) in [5, 5.41) is 2.86. The van der Waals surface area contributed by atoms with E-state index in [1.807, 2.05) is 6.92 Å². The SMILES string of the molecule is Cc1cccc(N2CCN([C@H](C)C(=O)Nc3ccc(F)cc3)CC2)c1C. The van der Waals surface area contributed by atoms with E-state index in [4.69, 9.17) is 0 Å². The molecule has 0 aromatic heterocycles. The van der Waals surface area contributed by atoms with Crippen molar-refractivity contribution in [2.45, 2.75) is 26.8 Å². The summed E-state index contributed by atoms with van der Waals surface area (Å²) < 4.78 is 13.0. The Balaban J connectivity index is 1.57. The van der Waals surface area contributed by atoms with Crippen molar-refractivity contribution in [1.82, 2.24) is 4.90 Å². The number of carbonyl (C=O) groups excluding carboxylic acids is 1. The highest BCUT2D eigenvalue weighted by Gasteiger charge is 2.26. The molecule has 0 aliphatic carbocycles. The van der Waals surface area contributed by atoms with Crippen LogP contribution in [0.25, 0.3) is 0 Å². The first-order chi connectivity index (χ1) is 12.5. The van der Waals surface area contributed by atoms with Crippen LogP contribution in [0.2, 0.25) is 0 Å². The number of nitrogens with zero attached hydrogens (tertiary/aromatic N) is 2. The monoisotopic (exact) mass is 355 g/mol. The summed E-state index contributed by atoms with van der Waals surface area (Å²) in [6, 6.07) is 12.0. The lowest BCUT2D eigenvalue weighted by molar-refractivity contribution is -0.120. The number of hydrogen-bond donors (Lipinski definition) is 1. The Morgan fingerprint density at radius 2 is 1.69 bits per heavy atom. The number of anilines is 2. The van der Waals surface area contributed by atoms with Crippen molar-refractivity contribution >= 4 is 17.3 Å². The third-order valence-electron chi connectivity index (χ3n) is 5.27. The van der Waals surface area contributed by atoms with Crippen LogP contribution in [0.1, 0.15) is 18.1 Å². The van der Waals surface area contributed by atoms with Crippen LogP contribution in [0.4, 0.5) is 15.8 Å². The molecule has 2 aromatic carbocycles. The largest absolute Gasteiger partial charge is 0.369 e. The van der Waals surface area contributed by atoms with Gasteiger partial charge in [0.1, 0.15) is 5.82 Å². The van der Waals surface area contributed by atoms with Crippen LogP contribution < -0.4 is 10.2 Å². The second-order valence-corrected chi connectivity index (χ2v) is 6.91. The topological polar surface area (TPSA) is 35.6 Å². The Kier molecular flexibility index (Phi) is 5.57. The van der Waals surface area contributed by atoms with Gasteiger partial charge in [0, 0.05) is 37.6 Å². The van der Waals surface area contributed by atoms with Crippen LogP contribution in [-0.2, 0) is 4.79 Å². The molecule has 0 spiro atoms. The fourth-order valence-electron chi connectivity index (χ4n) is 3.37. The highest BCUT2D eigenvalue weighted by molar-refractivity contribution is 5.94. The van der Waals surface area contributed by atoms with Gasteiger partial charge in [-0.05, 0) is 62.2 Å². The van der Waals surface area contributed by atoms with Crippen molar-refractivity contribution in [3.63, 3.8) is 0 Å². The second kappa shape index (κ2) is 7.87. The van der Waals surface area contributed by atoms with Gasteiger partial charge in [-0.3, -0.25) is 9.69 Å². The van der Waals surface area contributed by atoms with Crippen molar-refractivity contribution < 1.29 is 9.18 Å². The number of hydrogen-bond acceptors (Lipinski definition) is 3. The maximum atomic E-state index is 13.0. The summed E-state index contributed by atoms with van der Waals surface area (Å²) in [5.74, 6) is -0.365. The number of piperazine rings is 1. The minimum absolute atomic E-state index is 0.0585. The number of rotatable bonds is 4. The van der Waals surface area contributed by atoms with Crippen LogP contribution in [0, 0.1) is 19.7 Å². The fraction of sp³-hybridized carbons (Fsp3) is 0.381.